The first-order chi connectivity index (χ1) is 13.2. The molecule has 0 aromatic carbocycles. The van der Waals surface area contributed by atoms with Crippen molar-refractivity contribution in [1.82, 2.24) is 0 Å². The van der Waals surface area contributed by atoms with E-state index in [1.807, 2.05) is 6.08 Å². The molecule has 0 amide bonds. The molecule has 1 atom stereocenters. The van der Waals surface area contributed by atoms with E-state index in [9.17, 15) is 9.90 Å². The maximum Gasteiger partial charge on any atom is 0.158 e. The second-order valence-corrected chi connectivity index (χ2v) is 8.88. The Morgan fingerprint density at radius 1 is 0.741 bits per heavy atom. The minimum Gasteiger partial charge on any atom is -0.389 e. The van der Waals surface area contributed by atoms with Gasteiger partial charge in [0.25, 0.3) is 0 Å². The number of carbonyl (C=O) groups is 1. The van der Waals surface area contributed by atoms with Gasteiger partial charge in [0, 0.05) is 6.42 Å². The molecular weight excluding hydrogens is 332 g/mol. The Hall–Kier alpha value is -0.630. The van der Waals surface area contributed by atoms with Crippen LogP contribution < -0.4 is 0 Å². The molecule has 0 aromatic heterocycles. The van der Waals surface area contributed by atoms with Crippen molar-refractivity contribution >= 4 is 5.78 Å². The average molecular weight is 379 g/mol. The molecule has 158 valence electrons. The van der Waals surface area contributed by atoms with Gasteiger partial charge in [-0.05, 0) is 18.9 Å². The lowest BCUT2D eigenvalue weighted by Gasteiger charge is -2.28. The lowest BCUT2D eigenvalue weighted by molar-refractivity contribution is -0.120. The van der Waals surface area contributed by atoms with Crippen LogP contribution in [0.1, 0.15) is 135 Å². The van der Waals surface area contributed by atoms with Crippen LogP contribution in [0.25, 0.3) is 0 Å². The molecule has 0 aliphatic heterocycles. The van der Waals surface area contributed by atoms with E-state index >= 15 is 0 Å². The summed E-state index contributed by atoms with van der Waals surface area (Å²) < 4.78 is 0. The van der Waals surface area contributed by atoms with Crippen LogP contribution in [0, 0.1) is 0 Å². The number of allylic oxidation sites excluding steroid dienone is 1. The SMILES string of the molecule is CCCCCCCCCCCCCCCCCCCC1(O)CC=CC(=O)C1. The summed E-state index contributed by atoms with van der Waals surface area (Å²) in [6.07, 6.45) is 28.5. The van der Waals surface area contributed by atoms with Crippen LogP contribution in [-0.2, 0) is 4.79 Å². The van der Waals surface area contributed by atoms with Crippen molar-refractivity contribution in [3.63, 3.8) is 0 Å². The highest BCUT2D eigenvalue weighted by Crippen LogP contribution is 2.27. The van der Waals surface area contributed by atoms with Gasteiger partial charge < -0.3 is 5.11 Å². The van der Waals surface area contributed by atoms with Gasteiger partial charge in [0.05, 0.1) is 5.60 Å². The topological polar surface area (TPSA) is 37.3 Å². The molecular formula is C25H46O2. The number of rotatable bonds is 18. The van der Waals surface area contributed by atoms with Crippen LogP contribution in [0.5, 0.6) is 0 Å². The second-order valence-electron chi connectivity index (χ2n) is 8.88. The maximum absolute atomic E-state index is 11.4. The van der Waals surface area contributed by atoms with Crippen molar-refractivity contribution in [1.29, 1.82) is 0 Å². The van der Waals surface area contributed by atoms with E-state index in [1.54, 1.807) is 6.08 Å². The Balaban J connectivity index is 1.76. The van der Waals surface area contributed by atoms with Gasteiger partial charge in [0.15, 0.2) is 5.78 Å². The van der Waals surface area contributed by atoms with E-state index in [-0.39, 0.29) is 5.78 Å². The Labute approximate surface area is 169 Å². The molecule has 0 fully saturated rings. The lowest BCUT2D eigenvalue weighted by atomic mass is 9.84. The molecule has 1 aliphatic carbocycles. The fourth-order valence-electron chi connectivity index (χ4n) is 4.23. The normalized spacial score (nSPS) is 19.7. The average Bonchev–Trinajstić information content (AvgIpc) is 2.64. The molecule has 0 spiro atoms. The molecule has 0 heterocycles. The number of unbranched alkanes of at least 4 members (excludes halogenated alkanes) is 16. The minimum absolute atomic E-state index is 0.0794. The summed E-state index contributed by atoms with van der Waals surface area (Å²) in [5.41, 5.74) is -0.749. The van der Waals surface area contributed by atoms with Crippen LogP contribution in [0.2, 0.25) is 0 Å². The van der Waals surface area contributed by atoms with Gasteiger partial charge in [-0.3, -0.25) is 4.79 Å². The number of aliphatic hydroxyl groups is 1. The van der Waals surface area contributed by atoms with Gasteiger partial charge in [-0.1, -0.05) is 122 Å². The molecule has 1 rings (SSSR count). The van der Waals surface area contributed by atoms with Gasteiger partial charge in [-0.15, -0.1) is 0 Å². The van der Waals surface area contributed by atoms with E-state index in [0.29, 0.717) is 12.8 Å². The summed E-state index contributed by atoms with van der Waals surface area (Å²) in [6, 6.07) is 0. The van der Waals surface area contributed by atoms with E-state index in [1.165, 1.54) is 103 Å². The second kappa shape index (κ2) is 16.3. The van der Waals surface area contributed by atoms with E-state index in [2.05, 4.69) is 6.92 Å². The highest BCUT2D eigenvalue weighted by molar-refractivity contribution is 5.91. The molecule has 27 heavy (non-hydrogen) atoms. The summed E-state index contributed by atoms with van der Waals surface area (Å²) in [4.78, 5) is 11.4. The van der Waals surface area contributed by atoms with Crippen molar-refractivity contribution < 1.29 is 9.90 Å². The van der Waals surface area contributed by atoms with Crippen LogP contribution in [-0.4, -0.2) is 16.5 Å². The van der Waals surface area contributed by atoms with Crippen LogP contribution in [0.3, 0.4) is 0 Å². The van der Waals surface area contributed by atoms with Gasteiger partial charge in [-0.25, -0.2) is 0 Å². The Morgan fingerprint density at radius 3 is 1.56 bits per heavy atom. The third-order valence-electron chi connectivity index (χ3n) is 6.05. The summed E-state index contributed by atoms with van der Waals surface area (Å²) in [6.45, 7) is 2.28. The first-order valence-corrected chi connectivity index (χ1v) is 12.1. The molecule has 2 heteroatoms. The van der Waals surface area contributed by atoms with Crippen molar-refractivity contribution in [3.8, 4) is 0 Å². The third kappa shape index (κ3) is 14.1. The molecule has 1 unspecified atom stereocenters. The number of ketones is 1. The summed E-state index contributed by atoms with van der Waals surface area (Å²) in [5, 5.41) is 10.4. The Kier molecular flexibility index (Phi) is 14.8. The molecule has 0 radical (unpaired) electrons. The van der Waals surface area contributed by atoms with E-state index in [4.69, 9.17) is 0 Å². The predicted molar refractivity (Wildman–Crippen MR) is 117 cm³/mol. The first kappa shape index (κ1) is 24.4. The van der Waals surface area contributed by atoms with Crippen LogP contribution >= 0.6 is 0 Å². The number of carbonyl (C=O) groups excluding carboxylic acids is 1. The molecule has 0 saturated carbocycles. The fraction of sp³-hybridized carbons (Fsp3) is 0.880. The third-order valence-corrected chi connectivity index (χ3v) is 6.05. The molecule has 1 N–H and O–H groups in total. The van der Waals surface area contributed by atoms with Gasteiger partial charge in [-0.2, -0.15) is 0 Å². The van der Waals surface area contributed by atoms with E-state index in [0.717, 1.165) is 12.8 Å². The molecule has 0 saturated heterocycles. The van der Waals surface area contributed by atoms with E-state index < -0.39 is 5.60 Å². The lowest BCUT2D eigenvalue weighted by Crippen LogP contribution is -2.33. The quantitative estimate of drug-likeness (QED) is 0.248. The monoisotopic (exact) mass is 378 g/mol. The van der Waals surface area contributed by atoms with Crippen molar-refractivity contribution in [2.45, 2.75) is 141 Å². The van der Waals surface area contributed by atoms with Crippen molar-refractivity contribution in [2.75, 3.05) is 0 Å². The van der Waals surface area contributed by atoms with Crippen molar-refractivity contribution in [3.05, 3.63) is 12.2 Å². The minimum atomic E-state index is -0.749. The predicted octanol–water partition coefficient (Wildman–Crippen LogP) is 7.68. The number of hydrogen-bond acceptors (Lipinski definition) is 2. The highest BCUT2D eigenvalue weighted by atomic mass is 16.3. The first-order valence-electron chi connectivity index (χ1n) is 12.1. The Bertz CT molecular complexity index is 388. The summed E-state index contributed by atoms with van der Waals surface area (Å²) in [7, 11) is 0. The van der Waals surface area contributed by atoms with Gasteiger partial charge in [0.1, 0.15) is 0 Å². The van der Waals surface area contributed by atoms with Crippen LogP contribution in [0.4, 0.5) is 0 Å². The van der Waals surface area contributed by atoms with Gasteiger partial charge in [0.2, 0.25) is 0 Å². The zero-order valence-electron chi connectivity index (χ0n) is 18.2. The Morgan fingerprint density at radius 2 is 1.15 bits per heavy atom. The van der Waals surface area contributed by atoms with Crippen molar-refractivity contribution in [2.24, 2.45) is 0 Å². The molecule has 0 aromatic rings. The largest absolute Gasteiger partial charge is 0.389 e. The molecule has 2 nitrogen and oxygen atoms in total. The number of hydrogen-bond donors (Lipinski definition) is 1. The zero-order chi connectivity index (χ0) is 19.6. The smallest absolute Gasteiger partial charge is 0.158 e. The summed E-state index contributed by atoms with van der Waals surface area (Å²) >= 11 is 0. The maximum atomic E-state index is 11.4. The van der Waals surface area contributed by atoms with Gasteiger partial charge >= 0.3 is 0 Å². The zero-order valence-corrected chi connectivity index (χ0v) is 18.2. The van der Waals surface area contributed by atoms with Crippen LogP contribution in [0.15, 0.2) is 12.2 Å². The fourth-order valence-corrected chi connectivity index (χ4v) is 4.23. The molecule has 1 aliphatic rings. The summed E-state index contributed by atoms with van der Waals surface area (Å²) in [5.74, 6) is 0.0794. The standard InChI is InChI=1S/C25H46O2/c1-2-3-4-5-6-7-8-9-10-11-12-13-14-15-16-17-18-21-25(27)22-19-20-24(26)23-25/h19-20,27H,2-18,21-23H2,1H3. The molecule has 0 bridgehead atoms. The highest BCUT2D eigenvalue weighted by Gasteiger charge is 2.29.